The summed E-state index contributed by atoms with van der Waals surface area (Å²) in [6.45, 7) is 1.21. The molecule has 1 atom stereocenters. The van der Waals surface area contributed by atoms with Crippen LogP contribution < -0.4 is 10.6 Å². The van der Waals surface area contributed by atoms with Crippen molar-refractivity contribution in [3.63, 3.8) is 0 Å². The molecule has 4 heteroatoms. The Balaban J connectivity index is 2.21. The molecule has 1 fully saturated rings. The predicted octanol–water partition coefficient (Wildman–Crippen LogP) is 0.625. The Kier molecular flexibility index (Phi) is 2.54. The van der Waals surface area contributed by atoms with Crippen molar-refractivity contribution in [2.75, 3.05) is 23.8 Å². The molecule has 0 aromatic carbocycles. The second-order valence-corrected chi connectivity index (χ2v) is 3.61. The van der Waals surface area contributed by atoms with Crippen molar-refractivity contribution in [1.29, 1.82) is 0 Å². The summed E-state index contributed by atoms with van der Waals surface area (Å²) in [5.41, 5.74) is 6.68. The van der Waals surface area contributed by atoms with Gasteiger partial charge in [0.05, 0.1) is 12.6 Å². The molecule has 1 aromatic heterocycles. The number of nitrogens with two attached hydrogens (primary N) is 1. The minimum atomic E-state index is 0.211. The first kappa shape index (κ1) is 9.27. The van der Waals surface area contributed by atoms with Crippen LogP contribution in [0.1, 0.15) is 12.8 Å². The molecule has 76 valence electrons. The zero-order chi connectivity index (χ0) is 9.97. The fraction of sp³-hybridized carbons (Fsp3) is 0.500. The molecule has 0 aliphatic carbocycles. The Hall–Kier alpha value is -1.29. The van der Waals surface area contributed by atoms with E-state index in [0.29, 0.717) is 5.82 Å². The summed E-state index contributed by atoms with van der Waals surface area (Å²) < 4.78 is 0. The van der Waals surface area contributed by atoms with Crippen molar-refractivity contribution in [2.45, 2.75) is 18.9 Å². The lowest BCUT2D eigenvalue weighted by atomic mass is 10.2. The van der Waals surface area contributed by atoms with Gasteiger partial charge in [-0.3, -0.25) is 0 Å². The van der Waals surface area contributed by atoms with Crippen molar-refractivity contribution in [2.24, 2.45) is 0 Å². The van der Waals surface area contributed by atoms with Gasteiger partial charge >= 0.3 is 0 Å². The summed E-state index contributed by atoms with van der Waals surface area (Å²) in [6.07, 6.45) is 3.89. The molecule has 1 unspecified atom stereocenters. The molecule has 1 aliphatic heterocycles. The quantitative estimate of drug-likeness (QED) is 0.723. The predicted molar refractivity (Wildman–Crippen MR) is 56.1 cm³/mol. The van der Waals surface area contributed by atoms with Gasteiger partial charge in [0.1, 0.15) is 5.82 Å². The highest BCUT2D eigenvalue weighted by Crippen LogP contribution is 2.25. The molecule has 2 rings (SSSR count). The van der Waals surface area contributed by atoms with E-state index < -0.39 is 0 Å². The van der Waals surface area contributed by atoms with E-state index in [1.165, 1.54) is 0 Å². The summed E-state index contributed by atoms with van der Waals surface area (Å²) in [7, 11) is 0. The number of hydrogen-bond donors (Lipinski definition) is 2. The molecule has 3 N–H and O–H groups in total. The second kappa shape index (κ2) is 3.84. The van der Waals surface area contributed by atoms with Gasteiger partial charge in [-0.05, 0) is 18.9 Å². The van der Waals surface area contributed by atoms with E-state index in [2.05, 4.69) is 9.88 Å². The zero-order valence-electron chi connectivity index (χ0n) is 8.06. The van der Waals surface area contributed by atoms with E-state index in [-0.39, 0.29) is 12.6 Å². The van der Waals surface area contributed by atoms with Crippen molar-refractivity contribution in [3.05, 3.63) is 18.3 Å². The van der Waals surface area contributed by atoms with Crippen LogP contribution in [-0.2, 0) is 0 Å². The van der Waals surface area contributed by atoms with E-state index in [9.17, 15) is 5.11 Å². The van der Waals surface area contributed by atoms with Crippen LogP contribution in [0.15, 0.2) is 18.3 Å². The number of aliphatic hydroxyl groups excluding tert-OH is 1. The molecule has 2 heterocycles. The highest BCUT2D eigenvalue weighted by atomic mass is 16.3. The van der Waals surface area contributed by atoms with Gasteiger partial charge in [0, 0.05) is 24.5 Å². The number of aromatic nitrogens is 1. The molecule has 1 aromatic rings. The Morgan fingerprint density at radius 1 is 1.64 bits per heavy atom. The normalized spacial score (nSPS) is 21.5. The largest absolute Gasteiger partial charge is 0.394 e. The molecule has 14 heavy (non-hydrogen) atoms. The minimum absolute atomic E-state index is 0.211. The third-order valence-electron chi connectivity index (χ3n) is 2.68. The number of nitrogen functional groups attached to an aromatic ring is 1. The topological polar surface area (TPSA) is 62.4 Å². The van der Waals surface area contributed by atoms with Gasteiger partial charge in [-0.25, -0.2) is 4.98 Å². The molecule has 1 aliphatic rings. The summed E-state index contributed by atoms with van der Waals surface area (Å²) in [5, 5.41) is 9.18. The van der Waals surface area contributed by atoms with Crippen LogP contribution in [-0.4, -0.2) is 29.3 Å². The molecule has 0 amide bonds. The van der Waals surface area contributed by atoms with Crippen molar-refractivity contribution < 1.29 is 5.11 Å². The molecular formula is C10H15N3O. The van der Waals surface area contributed by atoms with E-state index >= 15 is 0 Å². The second-order valence-electron chi connectivity index (χ2n) is 3.61. The first-order valence-corrected chi connectivity index (χ1v) is 4.90. The lowest BCUT2D eigenvalue weighted by Gasteiger charge is -2.25. The maximum Gasteiger partial charge on any atom is 0.125 e. The maximum absolute atomic E-state index is 9.18. The number of nitrogens with zero attached hydrogens (tertiary/aromatic N) is 2. The van der Waals surface area contributed by atoms with E-state index in [1.807, 2.05) is 12.1 Å². The number of anilines is 2. The van der Waals surface area contributed by atoms with Gasteiger partial charge < -0.3 is 15.7 Å². The van der Waals surface area contributed by atoms with Crippen LogP contribution in [0.25, 0.3) is 0 Å². The van der Waals surface area contributed by atoms with Gasteiger partial charge in [0.25, 0.3) is 0 Å². The van der Waals surface area contributed by atoms with Crippen LogP contribution in [0, 0.1) is 0 Å². The number of aliphatic hydroxyl groups is 1. The van der Waals surface area contributed by atoms with E-state index in [1.54, 1.807) is 6.20 Å². The molecule has 0 bridgehead atoms. The van der Waals surface area contributed by atoms with Gasteiger partial charge in [-0.2, -0.15) is 0 Å². The van der Waals surface area contributed by atoms with Gasteiger partial charge in [0.2, 0.25) is 0 Å². The van der Waals surface area contributed by atoms with Crippen LogP contribution in [0.3, 0.4) is 0 Å². The number of pyridine rings is 1. The van der Waals surface area contributed by atoms with Crippen molar-refractivity contribution >= 4 is 11.5 Å². The fourth-order valence-corrected chi connectivity index (χ4v) is 1.98. The van der Waals surface area contributed by atoms with Crippen molar-refractivity contribution in [3.8, 4) is 0 Å². The monoisotopic (exact) mass is 193 g/mol. The third kappa shape index (κ3) is 1.65. The first-order valence-electron chi connectivity index (χ1n) is 4.90. The molecule has 0 spiro atoms. The Bertz CT molecular complexity index is 316. The molecule has 0 radical (unpaired) electrons. The van der Waals surface area contributed by atoms with Crippen molar-refractivity contribution in [1.82, 2.24) is 4.98 Å². The van der Waals surface area contributed by atoms with Crippen LogP contribution in [0.5, 0.6) is 0 Å². The standard InChI is InChI=1S/C10H15N3O/c11-10-6-8(3-4-12-10)13-5-1-2-9(13)7-14/h3-4,6,9,14H,1-2,5,7H2,(H2,11,12). The van der Waals surface area contributed by atoms with E-state index in [4.69, 9.17) is 5.73 Å². The number of hydrogen-bond acceptors (Lipinski definition) is 4. The van der Waals surface area contributed by atoms with Crippen LogP contribution >= 0.6 is 0 Å². The molecule has 0 saturated carbocycles. The summed E-state index contributed by atoms with van der Waals surface area (Å²) in [5.74, 6) is 0.533. The fourth-order valence-electron chi connectivity index (χ4n) is 1.98. The molecule has 4 nitrogen and oxygen atoms in total. The Labute approximate surface area is 83.4 Å². The lowest BCUT2D eigenvalue weighted by Crippen LogP contribution is -2.32. The zero-order valence-corrected chi connectivity index (χ0v) is 8.06. The Morgan fingerprint density at radius 3 is 3.21 bits per heavy atom. The maximum atomic E-state index is 9.18. The van der Waals surface area contributed by atoms with Crippen LogP contribution in [0.2, 0.25) is 0 Å². The smallest absolute Gasteiger partial charge is 0.125 e. The summed E-state index contributed by atoms with van der Waals surface area (Å²) in [4.78, 5) is 6.14. The third-order valence-corrected chi connectivity index (χ3v) is 2.68. The average Bonchev–Trinajstić information content (AvgIpc) is 2.65. The summed E-state index contributed by atoms with van der Waals surface area (Å²) >= 11 is 0. The average molecular weight is 193 g/mol. The Morgan fingerprint density at radius 2 is 2.50 bits per heavy atom. The van der Waals surface area contributed by atoms with Gasteiger partial charge in [-0.1, -0.05) is 0 Å². The SMILES string of the molecule is Nc1cc(N2CCCC2CO)ccn1. The van der Waals surface area contributed by atoms with Gasteiger partial charge in [0.15, 0.2) is 0 Å². The molecule has 1 saturated heterocycles. The number of rotatable bonds is 2. The molecular weight excluding hydrogens is 178 g/mol. The highest BCUT2D eigenvalue weighted by Gasteiger charge is 2.23. The van der Waals surface area contributed by atoms with E-state index in [0.717, 1.165) is 25.1 Å². The van der Waals surface area contributed by atoms with Gasteiger partial charge in [-0.15, -0.1) is 0 Å². The highest BCUT2D eigenvalue weighted by molar-refractivity contribution is 5.53. The lowest BCUT2D eigenvalue weighted by molar-refractivity contribution is 0.266. The van der Waals surface area contributed by atoms with Crippen LogP contribution in [0.4, 0.5) is 11.5 Å². The summed E-state index contributed by atoms with van der Waals surface area (Å²) in [6, 6.07) is 4.04. The minimum Gasteiger partial charge on any atom is -0.394 e. The first-order chi connectivity index (χ1) is 6.81.